The molecule has 3 nitrogen and oxygen atoms in total. The molecule has 0 unspecified atom stereocenters. The van der Waals surface area contributed by atoms with Crippen molar-refractivity contribution in [3.8, 4) is 5.75 Å². The summed E-state index contributed by atoms with van der Waals surface area (Å²) in [6, 6.07) is 17.9. The number of hydrogen-bond acceptors (Lipinski definition) is 2. The van der Waals surface area contributed by atoms with E-state index in [1.54, 1.807) is 18.6 Å². The van der Waals surface area contributed by atoms with Crippen molar-refractivity contribution >= 4 is 34.0 Å². The molecule has 0 N–H and O–H groups in total. The fraction of sp³-hybridized carbons (Fsp3) is 0.0952. The van der Waals surface area contributed by atoms with Gasteiger partial charge in [0.05, 0.1) is 12.9 Å². The number of aromatic nitrogens is 2. The highest BCUT2D eigenvalue weighted by Crippen LogP contribution is 2.29. The molecule has 0 aliphatic heterocycles. The molecular weight excluding hydrogens is 367 g/mol. The van der Waals surface area contributed by atoms with E-state index in [-0.39, 0.29) is 0 Å². The molecule has 0 aliphatic rings. The Morgan fingerprint density at radius 1 is 0.923 bits per heavy atom. The van der Waals surface area contributed by atoms with Crippen LogP contribution in [0.25, 0.3) is 10.8 Å². The molecule has 0 spiro atoms. The Morgan fingerprint density at radius 3 is 2.46 bits per heavy atom. The van der Waals surface area contributed by atoms with Gasteiger partial charge in [0.15, 0.2) is 0 Å². The Bertz CT molecular complexity index is 1050. The third-order valence-electron chi connectivity index (χ3n) is 4.24. The number of nitrogens with zero attached hydrogens (tertiary/aromatic N) is 2. The lowest BCUT2D eigenvalue weighted by Crippen LogP contribution is -2.03. The predicted molar refractivity (Wildman–Crippen MR) is 106 cm³/mol. The Hall–Kier alpha value is -2.49. The van der Waals surface area contributed by atoms with Gasteiger partial charge in [0, 0.05) is 33.6 Å². The van der Waals surface area contributed by atoms with Crippen LogP contribution in [0.3, 0.4) is 0 Å². The smallest absolute Gasteiger partial charge is 0.125 e. The summed E-state index contributed by atoms with van der Waals surface area (Å²) in [7, 11) is 0. The SMILES string of the molecule is Clc1ccc(COc2cc3ccccc3cc2Cn2ccnc2)c(Cl)c1. The molecule has 4 rings (SSSR count). The lowest BCUT2D eigenvalue weighted by molar-refractivity contribution is 0.303. The van der Waals surface area contributed by atoms with Gasteiger partial charge in [-0.15, -0.1) is 0 Å². The van der Waals surface area contributed by atoms with Crippen molar-refractivity contribution in [2.75, 3.05) is 0 Å². The summed E-state index contributed by atoms with van der Waals surface area (Å²) < 4.78 is 8.16. The quantitative estimate of drug-likeness (QED) is 0.425. The molecule has 0 aliphatic carbocycles. The largest absolute Gasteiger partial charge is 0.488 e. The van der Waals surface area contributed by atoms with Crippen LogP contribution in [0.1, 0.15) is 11.1 Å². The van der Waals surface area contributed by atoms with E-state index < -0.39 is 0 Å². The van der Waals surface area contributed by atoms with Gasteiger partial charge in [-0.1, -0.05) is 53.5 Å². The molecule has 0 saturated carbocycles. The van der Waals surface area contributed by atoms with Crippen molar-refractivity contribution in [1.82, 2.24) is 9.55 Å². The van der Waals surface area contributed by atoms with Gasteiger partial charge in [-0.25, -0.2) is 4.98 Å². The summed E-state index contributed by atoms with van der Waals surface area (Å²) in [5, 5.41) is 3.54. The average Bonchev–Trinajstić information content (AvgIpc) is 3.14. The molecule has 1 aromatic heterocycles. The zero-order valence-electron chi connectivity index (χ0n) is 13.9. The minimum atomic E-state index is 0.380. The Morgan fingerprint density at radius 2 is 1.73 bits per heavy atom. The third kappa shape index (κ3) is 3.69. The van der Waals surface area contributed by atoms with Crippen LogP contribution in [0.5, 0.6) is 5.75 Å². The number of benzene rings is 3. The van der Waals surface area contributed by atoms with E-state index in [0.29, 0.717) is 23.2 Å². The van der Waals surface area contributed by atoms with Crippen LogP contribution < -0.4 is 4.74 Å². The number of rotatable bonds is 5. The van der Waals surface area contributed by atoms with Gasteiger partial charge in [-0.2, -0.15) is 0 Å². The Kier molecular flexibility index (Phi) is 4.83. The molecule has 26 heavy (non-hydrogen) atoms. The number of hydrogen-bond donors (Lipinski definition) is 0. The monoisotopic (exact) mass is 382 g/mol. The van der Waals surface area contributed by atoms with Gasteiger partial charge in [0.25, 0.3) is 0 Å². The molecular formula is C21H16Cl2N2O. The van der Waals surface area contributed by atoms with E-state index in [2.05, 4.69) is 29.2 Å². The van der Waals surface area contributed by atoms with E-state index in [0.717, 1.165) is 22.3 Å². The fourth-order valence-electron chi connectivity index (χ4n) is 2.90. The number of fused-ring (bicyclic) bond motifs is 1. The Balaban J connectivity index is 1.67. The molecule has 0 radical (unpaired) electrons. The van der Waals surface area contributed by atoms with Gasteiger partial charge in [0.1, 0.15) is 12.4 Å². The van der Waals surface area contributed by atoms with Crippen molar-refractivity contribution in [2.24, 2.45) is 0 Å². The van der Waals surface area contributed by atoms with Gasteiger partial charge in [0.2, 0.25) is 0 Å². The van der Waals surface area contributed by atoms with Crippen molar-refractivity contribution < 1.29 is 4.74 Å². The molecule has 1 heterocycles. The van der Waals surface area contributed by atoms with E-state index in [1.807, 2.05) is 35.0 Å². The summed E-state index contributed by atoms with van der Waals surface area (Å²) in [6.45, 7) is 1.07. The second-order valence-electron chi connectivity index (χ2n) is 6.07. The molecule has 0 bridgehead atoms. The topological polar surface area (TPSA) is 27.1 Å². The molecule has 5 heteroatoms. The molecule has 4 aromatic rings. The zero-order valence-corrected chi connectivity index (χ0v) is 15.4. The molecule has 3 aromatic carbocycles. The van der Waals surface area contributed by atoms with E-state index in [4.69, 9.17) is 27.9 Å². The molecule has 0 saturated heterocycles. The van der Waals surface area contributed by atoms with Crippen molar-refractivity contribution in [3.63, 3.8) is 0 Å². The van der Waals surface area contributed by atoms with Crippen molar-refractivity contribution in [2.45, 2.75) is 13.2 Å². The first-order valence-electron chi connectivity index (χ1n) is 8.23. The zero-order chi connectivity index (χ0) is 17.9. The van der Waals surface area contributed by atoms with Crippen molar-refractivity contribution in [1.29, 1.82) is 0 Å². The van der Waals surface area contributed by atoms with E-state index in [1.165, 1.54) is 5.39 Å². The van der Waals surface area contributed by atoms with Gasteiger partial charge < -0.3 is 9.30 Å². The second-order valence-corrected chi connectivity index (χ2v) is 6.91. The molecule has 0 atom stereocenters. The summed E-state index contributed by atoms with van der Waals surface area (Å²) in [5.41, 5.74) is 1.99. The Labute approximate surface area is 161 Å². The molecule has 130 valence electrons. The molecule has 0 fully saturated rings. The van der Waals surface area contributed by atoms with Crippen LogP contribution in [-0.2, 0) is 13.2 Å². The average molecular weight is 383 g/mol. The third-order valence-corrected chi connectivity index (χ3v) is 4.83. The maximum Gasteiger partial charge on any atom is 0.125 e. The minimum absolute atomic E-state index is 0.380. The highest BCUT2D eigenvalue weighted by atomic mass is 35.5. The van der Waals surface area contributed by atoms with Gasteiger partial charge in [-0.05, 0) is 35.0 Å². The fourth-order valence-corrected chi connectivity index (χ4v) is 3.36. The highest BCUT2D eigenvalue weighted by Gasteiger charge is 2.09. The maximum atomic E-state index is 6.27. The van der Waals surface area contributed by atoms with Crippen LogP contribution in [0.4, 0.5) is 0 Å². The molecule has 0 amide bonds. The van der Waals surface area contributed by atoms with E-state index >= 15 is 0 Å². The summed E-state index contributed by atoms with van der Waals surface area (Å²) in [5.74, 6) is 0.836. The summed E-state index contributed by atoms with van der Waals surface area (Å²) in [6.07, 6.45) is 5.51. The van der Waals surface area contributed by atoms with Crippen molar-refractivity contribution in [3.05, 3.63) is 94.5 Å². The summed E-state index contributed by atoms with van der Waals surface area (Å²) in [4.78, 5) is 4.12. The van der Waals surface area contributed by atoms with Crippen LogP contribution in [-0.4, -0.2) is 9.55 Å². The van der Waals surface area contributed by atoms with Crippen LogP contribution >= 0.6 is 23.2 Å². The highest BCUT2D eigenvalue weighted by molar-refractivity contribution is 6.35. The minimum Gasteiger partial charge on any atom is -0.488 e. The lowest BCUT2D eigenvalue weighted by atomic mass is 10.1. The number of ether oxygens (including phenoxy) is 1. The van der Waals surface area contributed by atoms with Crippen LogP contribution in [0.15, 0.2) is 73.3 Å². The first-order valence-corrected chi connectivity index (χ1v) is 8.99. The van der Waals surface area contributed by atoms with E-state index in [9.17, 15) is 0 Å². The summed E-state index contributed by atoms with van der Waals surface area (Å²) >= 11 is 12.2. The number of imidazole rings is 1. The lowest BCUT2D eigenvalue weighted by Gasteiger charge is -2.14. The maximum absolute atomic E-state index is 6.27. The van der Waals surface area contributed by atoms with Crippen LogP contribution in [0.2, 0.25) is 10.0 Å². The first-order chi connectivity index (χ1) is 12.7. The predicted octanol–water partition coefficient (Wildman–Crippen LogP) is 5.97. The van der Waals surface area contributed by atoms with Crippen LogP contribution in [0, 0.1) is 0 Å². The first kappa shape index (κ1) is 17.0. The normalized spacial score (nSPS) is 11.0. The second kappa shape index (κ2) is 7.40. The van der Waals surface area contributed by atoms with Gasteiger partial charge in [-0.3, -0.25) is 0 Å². The number of halogens is 2. The van der Waals surface area contributed by atoms with Gasteiger partial charge >= 0.3 is 0 Å². The standard InChI is InChI=1S/C21H16Cl2N2O/c22-19-6-5-17(20(23)11-19)13-26-21-10-16-4-2-1-3-15(16)9-18(21)12-25-8-7-24-14-25/h1-11,14H,12-13H2.